The number of nitrogens with one attached hydrogen (secondary N) is 1. The van der Waals surface area contributed by atoms with Crippen LogP contribution in [0.25, 0.3) is 11.5 Å². The van der Waals surface area contributed by atoms with Crippen molar-refractivity contribution in [2.24, 2.45) is 11.8 Å². The van der Waals surface area contributed by atoms with Crippen LogP contribution in [0, 0.1) is 18.8 Å². The summed E-state index contributed by atoms with van der Waals surface area (Å²) >= 11 is 0. The fourth-order valence-corrected chi connectivity index (χ4v) is 4.27. The lowest BCUT2D eigenvalue weighted by molar-refractivity contribution is -0.117. The van der Waals surface area contributed by atoms with Gasteiger partial charge >= 0.3 is 0 Å². The van der Waals surface area contributed by atoms with Crippen molar-refractivity contribution < 1.29 is 9.59 Å². The minimum absolute atomic E-state index is 0.0926. The van der Waals surface area contributed by atoms with Crippen molar-refractivity contribution in [3.8, 4) is 5.95 Å². The van der Waals surface area contributed by atoms with Gasteiger partial charge in [-0.05, 0) is 30.9 Å². The molecule has 2 aliphatic rings. The van der Waals surface area contributed by atoms with E-state index < -0.39 is 0 Å². The molecule has 0 aromatic carbocycles. The summed E-state index contributed by atoms with van der Waals surface area (Å²) < 4.78 is 2.95. The number of Topliss-reactive ketones (excluding diaryl/α,β-unsaturated/α-hetero) is 1. The van der Waals surface area contributed by atoms with Crippen molar-refractivity contribution >= 4 is 17.2 Å². The SMILES string of the molecule is Cc1c(C(=O)N2CC3CC(=O)CC3C2)cnn1-c1nn2cccc2c(=O)[nH]1. The van der Waals surface area contributed by atoms with Crippen molar-refractivity contribution in [1.82, 2.24) is 29.3 Å². The van der Waals surface area contributed by atoms with Gasteiger partial charge in [0.2, 0.25) is 5.95 Å². The minimum Gasteiger partial charge on any atom is -0.338 e. The average Bonchev–Trinajstić information content (AvgIpc) is 3.36. The Morgan fingerprint density at radius 1 is 1.22 bits per heavy atom. The lowest BCUT2D eigenvalue weighted by Crippen LogP contribution is -2.30. The molecule has 1 aliphatic heterocycles. The number of H-pyrrole nitrogens is 1. The number of hydrogen-bond donors (Lipinski definition) is 1. The Hall–Kier alpha value is -3.23. The Labute approximate surface area is 153 Å². The summed E-state index contributed by atoms with van der Waals surface area (Å²) in [5.41, 5.74) is 1.27. The zero-order valence-electron chi connectivity index (χ0n) is 14.8. The molecule has 9 nitrogen and oxygen atoms in total. The molecule has 0 bridgehead atoms. The van der Waals surface area contributed by atoms with Gasteiger partial charge in [0.15, 0.2) is 0 Å². The first kappa shape index (κ1) is 16.0. The number of hydrogen-bond acceptors (Lipinski definition) is 5. The third-order valence-corrected chi connectivity index (χ3v) is 5.67. The third-order valence-electron chi connectivity index (χ3n) is 5.67. The fourth-order valence-electron chi connectivity index (χ4n) is 4.27. The number of amides is 1. The summed E-state index contributed by atoms with van der Waals surface area (Å²) in [6, 6.07) is 3.41. The molecule has 0 spiro atoms. The quantitative estimate of drug-likeness (QED) is 0.714. The van der Waals surface area contributed by atoms with E-state index in [1.54, 1.807) is 30.2 Å². The van der Waals surface area contributed by atoms with Gasteiger partial charge in [-0.2, -0.15) is 5.10 Å². The van der Waals surface area contributed by atoms with Crippen LogP contribution in [0.1, 0.15) is 28.9 Å². The summed E-state index contributed by atoms with van der Waals surface area (Å²) in [4.78, 5) is 41.2. The summed E-state index contributed by atoms with van der Waals surface area (Å²) in [6.45, 7) is 3.01. The highest BCUT2D eigenvalue weighted by Gasteiger charge is 2.42. The van der Waals surface area contributed by atoms with Crippen LogP contribution in [-0.2, 0) is 4.79 Å². The highest BCUT2D eigenvalue weighted by atomic mass is 16.2. The summed E-state index contributed by atoms with van der Waals surface area (Å²) in [7, 11) is 0. The highest BCUT2D eigenvalue weighted by Crippen LogP contribution is 2.36. The molecule has 2 fully saturated rings. The first-order chi connectivity index (χ1) is 13.0. The molecule has 138 valence electrons. The van der Waals surface area contributed by atoms with E-state index >= 15 is 0 Å². The van der Waals surface area contributed by atoms with Crippen LogP contribution in [0.3, 0.4) is 0 Å². The Balaban J connectivity index is 1.45. The van der Waals surface area contributed by atoms with Crippen molar-refractivity contribution in [2.45, 2.75) is 19.8 Å². The summed E-state index contributed by atoms with van der Waals surface area (Å²) in [6.07, 6.45) is 4.35. The number of carbonyl (C=O) groups excluding carboxylic acids is 2. The topological polar surface area (TPSA) is 105 Å². The first-order valence-corrected chi connectivity index (χ1v) is 8.95. The molecule has 4 heterocycles. The molecule has 1 saturated heterocycles. The van der Waals surface area contributed by atoms with Crippen molar-refractivity contribution in [2.75, 3.05) is 13.1 Å². The number of ketones is 1. The van der Waals surface area contributed by atoms with E-state index in [1.165, 1.54) is 15.4 Å². The summed E-state index contributed by atoms with van der Waals surface area (Å²) in [5, 5.41) is 8.62. The van der Waals surface area contributed by atoms with Gasteiger partial charge in [-0.1, -0.05) is 0 Å². The van der Waals surface area contributed by atoms with E-state index in [9.17, 15) is 14.4 Å². The van der Waals surface area contributed by atoms with Gasteiger partial charge in [0, 0.05) is 32.1 Å². The molecule has 3 aromatic heterocycles. The van der Waals surface area contributed by atoms with Crippen LogP contribution < -0.4 is 5.56 Å². The second-order valence-electron chi connectivity index (χ2n) is 7.35. The van der Waals surface area contributed by atoms with Gasteiger partial charge in [-0.3, -0.25) is 19.4 Å². The second-order valence-corrected chi connectivity index (χ2v) is 7.35. The maximum atomic E-state index is 13.0. The molecule has 1 N–H and O–H groups in total. The number of carbonyl (C=O) groups is 2. The van der Waals surface area contributed by atoms with Gasteiger partial charge < -0.3 is 4.90 Å². The van der Waals surface area contributed by atoms with Crippen LogP contribution in [0.2, 0.25) is 0 Å². The molecule has 2 atom stereocenters. The maximum absolute atomic E-state index is 13.0. The molecule has 1 saturated carbocycles. The van der Waals surface area contributed by atoms with Gasteiger partial charge in [-0.25, -0.2) is 9.20 Å². The number of fused-ring (bicyclic) bond motifs is 2. The Morgan fingerprint density at radius 2 is 1.96 bits per heavy atom. The lowest BCUT2D eigenvalue weighted by atomic mass is 10.0. The van der Waals surface area contributed by atoms with Crippen LogP contribution >= 0.6 is 0 Å². The minimum atomic E-state index is -0.273. The predicted molar refractivity (Wildman–Crippen MR) is 94.8 cm³/mol. The number of aromatic nitrogens is 5. The normalized spacial score (nSPS) is 22.0. The monoisotopic (exact) mass is 366 g/mol. The van der Waals surface area contributed by atoms with Crippen LogP contribution in [-0.4, -0.2) is 54.1 Å². The predicted octanol–water partition coefficient (Wildman–Crippen LogP) is 0.568. The smallest absolute Gasteiger partial charge is 0.276 e. The molecular formula is C18H18N6O3. The molecule has 0 radical (unpaired) electrons. The number of rotatable bonds is 2. The number of likely N-dealkylation sites (tertiary alicyclic amines) is 1. The molecule has 2 unspecified atom stereocenters. The van der Waals surface area contributed by atoms with E-state index in [4.69, 9.17) is 0 Å². The van der Waals surface area contributed by atoms with Crippen molar-refractivity contribution in [3.63, 3.8) is 0 Å². The molecule has 27 heavy (non-hydrogen) atoms. The van der Waals surface area contributed by atoms with E-state index in [0.717, 1.165) is 0 Å². The van der Waals surface area contributed by atoms with Crippen LogP contribution in [0.15, 0.2) is 29.3 Å². The molecule has 3 aromatic rings. The molecule has 1 amide bonds. The third kappa shape index (κ3) is 2.42. The first-order valence-electron chi connectivity index (χ1n) is 8.95. The van der Waals surface area contributed by atoms with Crippen molar-refractivity contribution in [3.05, 3.63) is 46.1 Å². The standard InChI is InChI=1S/C18H18N6O3/c1-10-14(17(27)22-8-11-5-13(25)6-12(11)9-22)7-19-24(10)18-20-16(26)15-3-2-4-23(15)21-18/h2-4,7,11-12H,5-6,8-9H2,1H3,(H,20,21,26). The molecule has 9 heteroatoms. The Kier molecular flexibility index (Phi) is 3.33. The Bertz CT molecular complexity index is 1120. The zero-order chi connectivity index (χ0) is 18.7. The van der Waals surface area contributed by atoms with E-state index in [2.05, 4.69) is 15.2 Å². The van der Waals surface area contributed by atoms with Gasteiger partial charge in [0.1, 0.15) is 11.3 Å². The zero-order valence-corrected chi connectivity index (χ0v) is 14.8. The van der Waals surface area contributed by atoms with E-state index in [-0.39, 0.29) is 29.3 Å². The van der Waals surface area contributed by atoms with Gasteiger partial charge in [0.05, 0.1) is 17.5 Å². The highest BCUT2D eigenvalue weighted by molar-refractivity contribution is 5.95. The average molecular weight is 366 g/mol. The fraction of sp³-hybridized carbons (Fsp3) is 0.389. The van der Waals surface area contributed by atoms with Gasteiger partial charge in [-0.15, -0.1) is 5.10 Å². The van der Waals surface area contributed by atoms with Crippen molar-refractivity contribution in [1.29, 1.82) is 0 Å². The largest absolute Gasteiger partial charge is 0.338 e. The van der Waals surface area contributed by atoms with E-state index in [1.807, 2.05) is 0 Å². The number of nitrogens with zero attached hydrogens (tertiary/aromatic N) is 5. The second kappa shape index (κ2) is 5.63. The number of aromatic amines is 1. The van der Waals surface area contributed by atoms with Crippen LogP contribution in [0.4, 0.5) is 0 Å². The van der Waals surface area contributed by atoms with Gasteiger partial charge in [0.25, 0.3) is 11.5 Å². The summed E-state index contributed by atoms with van der Waals surface area (Å²) in [5.74, 6) is 1.03. The molecule has 1 aliphatic carbocycles. The maximum Gasteiger partial charge on any atom is 0.276 e. The van der Waals surface area contributed by atoms with E-state index in [0.29, 0.717) is 48.5 Å². The Morgan fingerprint density at radius 3 is 2.70 bits per heavy atom. The molecular weight excluding hydrogens is 348 g/mol. The van der Waals surface area contributed by atoms with Crippen LogP contribution in [0.5, 0.6) is 0 Å². The lowest BCUT2D eigenvalue weighted by Gasteiger charge is -2.16. The molecule has 5 rings (SSSR count).